The normalized spacial score (nSPS) is 27.5. The number of aromatic amines is 1. The van der Waals surface area contributed by atoms with E-state index in [-0.39, 0.29) is 23.4 Å². The Morgan fingerprint density at radius 1 is 1.33 bits per heavy atom. The number of hydrogen-bond acceptors (Lipinski definition) is 9. The van der Waals surface area contributed by atoms with Crippen LogP contribution in [0.3, 0.4) is 0 Å². The Morgan fingerprint density at radius 3 is 2.57 bits per heavy atom. The van der Waals surface area contributed by atoms with E-state index in [1.54, 1.807) is 0 Å². The summed E-state index contributed by atoms with van der Waals surface area (Å²) in [7, 11) is -4.41. The van der Waals surface area contributed by atoms with E-state index < -0.39 is 48.6 Å². The van der Waals surface area contributed by atoms with Gasteiger partial charge in [0, 0.05) is 12.6 Å². The Hall–Kier alpha value is -1.79. The summed E-state index contributed by atoms with van der Waals surface area (Å²) in [5.74, 6) is -0.114. The van der Waals surface area contributed by atoms with E-state index in [1.165, 1.54) is 30.7 Å². The van der Waals surface area contributed by atoms with Crippen molar-refractivity contribution >= 4 is 24.6 Å². The first-order chi connectivity index (χ1) is 13.6. The molecule has 12 nitrogen and oxygen atoms in total. The molecule has 7 N–H and O–H groups in total. The van der Waals surface area contributed by atoms with Gasteiger partial charge in [0.15, 0.2) is 17.2 Å². The van der Waals surface area contributed by atoms with Crippen molar-refractivity contribution in [3.05, 3.63) is 22.6 Å². The van der Waals surface area contributed by atoms with Gasteiger partial charge in [-0.1, -0.05) is 0 Å². The summed E-state index contributed by atoms with van der Waals surface area (Å²) in [5, 5.41) is 29.1. The number of rotatable bonds is 6. The molecule has 1 saturated heterocycles. The van der Waals surface area contributed by atoms with E-state index in [1.807, 2.05) is 0 Å². The summed E-state index contributed by atoms with van der Waals surface area (Å²) in [6.45, 7) is 5.32. The van der Waals surface area contributed by atoms with Crippen LogP contribution in [0.2, 0.25) is 0 Å². The lowest BCUT2D eigenvalue weighted by molar-refractivity contribution is -0.0629. The molecule has 2 aromatic heterocycles. The maximum atomic E-state index is 12.3. The average molecular weight is 446 g/mol. The standard InChI is InChI=1S/C17H27N4O8P/c1-16(2,29-30(26,27)17(3,4)25)7-9-10(22)11(23)14(28-9)21-6-5-8-12(21)19-15(18)20-13(8)24/h5-6,9-11,14,22-23,25H,7H2,1-4H3,(H,26,27)(H3,18,19,20,24)/t9?,10?,11-,14-/m1/s1. The predicted octanol–water partition coefficient (Wildman–Crippen LogP) is 0.0251. The number of nitrogens with zero attached hydrogens (tertiary/aromatic N) is 2. The number of aliphatic hydroxyl groups excluding tert-OH is 2. The zero-order valence-corrected chi connectivity index (χ0v) is 17.9. The largest absolute Gasteiger partial charge is 0.388 e. The van der Waals surface area contributed by atoms with Gasteiger partial charge in [-0.2, -0.15) is 4.98 Å². The van der Waals surface area contributed by atoms with Gasteiger partial charge in [0.05, 0.1) is 17.1 Å². The number of nitrogens with two attached hydrogens (primary N) is 1. The van der Waals surface area contributed by atoms with E-state index in [9.17, 15) is 29.6 Å². The SMILES string of the molecule is CC(C)(CC1O[C@@H](n2ccc3c(=O)[nH]c(N)nc32)[C@H](O)C1O)OP(=O)(O)C(C)(C)O. The highest BCUT2D eigenvalue weighted by Gasteiger charge is 2.49. The van der Waals surface area contributed by atoms with Gasteiger partial charge in [0.25, 0.3) is 5.56 Å². The Morgan fingerprint density at radius 2 is 1.97 bits per heavy atom. The van der Waals surface area contributed by atoms with E-state index in [2.05, 4.69) is 9.97 Å². The number of ether oxygens (including phenoxy) is 1. The van der Waals surface area contributed by atoms with Crippen molar-refractivity contribution in [2.24, 2.45) is 0 Å². The van der Waals surface area contributed by atoms with E-state index in [0.717, 1.165) is 13.8 Å². The van der Waals surface area contributed by atoms with Crippen LogP contribution >= 0.6 is 7.60 Å². The van der Waals surface area contributed by atoms with Gasteiger partial charge < -0.3 is 39.8 Å². The third kappa shape index (κ3) is 4.17. The van der Waals surface area contributed by atoms with Crippen molar-refractivity contribution in [2.45, 2.75) is 69.6 Å². The molecule has 0 spiro atoms. The van der Waals surface area contributed by atoms with Gasteiger partial charge in [-0.3, -0.25) is 14.3 Å². The molecule has 2 aromatic rings. The molecule has 0 amide bonds. The number of aliphatic hydroxyl groups is 3. The average Bonchev–Trinajstić information content (AvgIpc) is 3.09. The molecule has 3 unspecified atom stereocenters. The van der Waals surface area contributed by atoms with Crippen molar-refractivity contribution < 1.29 is 34.0 Å². The first-order valence-electron chi connectivity index (χ1n) is 9.27. The van der Waals surface area contributed by atoms with Crippen LogP contribution in [0.5, 0.6) is 0 Å². The van der Waals surface area contributed by atoms with Crippen LogP contribution in [0.4, 0.5) is 5.95 Å². The molecule has 0 saturated carbocycles. The molecule has 3 heterocycles. The zero-order valence-electron chi connectivity index (χ0n) is 17.0. The summed E-state index contributed by atoms with van der Waals surface area (Å²) >= 11 is 0. The van der Waals surface area contributed by atoms with Crippen LogP contribution in [-0.4, -0.2) is 64.0 Å². The minimum absolute atomic E-state index is 0.0717. The molecule has 0 aliphatic carbocycles. The summed E-state index contributed by atoms with van der Waals surface area (Å²) in [6, 6.07) is 1.48. The molecule has 0 bridgehead atoms. The van der Waals surface area contributed by atoms with Crippen LogP contribution < -0.4 is 11.3 Å². The van der Waals surface area contributed by atoms with Crippen molar-refractivity contribution in [3.8, 4) is 0 Å². The molecule has 1 aliphatic rings. The van der Waals surface area contributed by atoms with E-state index in [4.69, 9.17) is 15.0 Å². The third-order valence-electron chi connectivity index (χ3n) is 4.97. The predicted molar refractivity (Wildman–Crippen MR) is 107 cm³/mol. The van der Waals surface area contributed by atoms with Crippen LogP contribution in [-0.2, 0) is 13.8 Å². The quantitative estimate of drug-likeness (QED) is 0.330. The van der Waals surface area contributed by atoms with E-state index in [0.29, 0.717) is 0 Å². The van der Waals surface area contributed by atoms with Crippen LogP contribution in [0, 0.1) is 0 Å². The van der Waals surface area contributed by atoms with Crippen LogP contribution in [0.15, 0.2) is 17.1 Å². The highest BCUT2D eigenvalue weighted by molar-refractivity contribution is 7.54. The van der Waals surface area contributed by atoms with Gasteiger partial charge in [-0.15, -0.1) is 0 Å². The number of fused-ring (bicyclic) bond motifs is 1. The van der Waals surface area contributed by atoms with E-state index >= 15 is 0 Å². The molecular weight excluding hydrogens is 419 g/mol. The number of H-pyrrole nitrogens is 1. The molecule has 5 atom stereocenters. The van der Waals surface area contributed by atoms with Gasteiger partial charge in [0.1, 0.15) is 12.2 Å². The minimum Gasteiger partial charge on any atom is -0.388 e. The highest BCUT2D eigenvalue weighted by atomic mass is 31.2. The summed E-state index contributed by atoms with van der Waals surface area (Å²) in [4.78, 5) is 28.5. The maximum absolute atomic E-state index is 12.3. The topological polar surface area (TPSA) is 193 Å². The Labute approximate surface area is 171 Å². The van der Waals surface area contributed by atoms with Crippen molar-refractivity contribution in [1.29, 1.82) is 0 Å². The molecule has 0 radical (unpaired) electrons. The lowest BCUT2D eigenvalue weighted by Gasteiger charge is -2.34. The molecule has 13 heteroatoms. The second-order valence-electron chi connectivity index (χ2n) is 8.53. The van der Waals surface area contributed by atoms with Crippen molar-refractivity contribution in [2.75, 3.05) is 5.73 Å². The Balaban J connectivity index is 1.84. The molecule has 0 aromatic carbocycles. The minimum atomic E-state index is -4.41. The fourth-order valence-electron chi connectivity index (χ4n) is 3.36. The molecule has 1 fully saturated rings. The molecule has 3 rings (SSSR count). The van der Waals surface area contributed by atoms with Gasteiger partial charge in [-0.05, 0) is 33.8 Å². The van der Waals surface area contributed by atoms with Crippen molar-refractivity contribution in [3.63, 3.8) is 0 Å². The van der Waals surface area contributed by atoms with Crippen molar-refractivity contribution in [1.82, 2.24) is 14.5 Å². The fraction of sp³-hybridized carbons (Fsp3) is 0.647. The number of nitrogens with one attached hydrogen (secondary N) is 1. The highest BCUT2D eigenvalue weighted by Crippen LogP contribution is 2.57. The second kappa shape index (κ2) is 7.41. The summed E-state index contributed by atoms with van der Waals surface area (Å²) in [6.07, 6.45) is -3.38. The monoisotopic (exact) mass is 446 g/mol. The maximum Gasteiger partial charge on any atom is 0.359 e. The smallest absolute Gasteiger partial charge is 0.359 e. The lowest BCUT2D eigenvalue weighted by Crippen LogP contribution is -2.38. The van der Waals surface area contributed by atoms with Gasteiger partial charge in [0.2, 0.25) is 5.95 Å². The number of aromatic nitrogens is 3. The zero-order chi connectivity index (χ0) is 22.6. The molecule has 168 valence electrons. The lowest BCUT2D eigenvalue weighted by atomic mass is 9.97. The van der Waals surface area contributed by atoms with Crippen LogP contribution in [0.1, 0.15) is 40.3 Å². The molecular formula is C17H27N4O8P. The number of hydrogen-bond donors (Lipinski definition) is 6. The fourth-order valence-corrected chi connectivity index (χ4v) is 4.33. The summed E-state index contributed by atoms with van der Waals surface area (Å²) in [5.41, 5.74) is 4.02. The van der Waals surface area contributed by atoms with Gasteiger partial charge in [-0.25, -0.2) is 0 Å². The molecule has 1 aliphatic heterocycles. The first kappa shape index (κ1) is 22.9. The van der Waals surface area contributed by atoms with Crippen LogP contribution in [0.25, 0.3) is 11.0 Å². The molecule has 30 heavy (non-hydrogen) atoms. The summed E-state index contributed by atoms with van der Waals surface area (Å²) < 4.78 is 24.8. The second-order valence-corrected chi connectivity index (χ2v) is 10.8. The Bertz CT molecular complexity index is 1040. The number of anilines is 1. The Kier molecular flexibility index (Phi) is 5.66. The first-order valence-corrected chi connectivity index (χ1v) is 10.8. The number of nitrogen functional groups attached to an aromatic ring is 1. The van der Waals surface area contributed by atoms with Gasteiger partial charge >= 0.3 is 7.60 Å². The third-order valence-corrected chi connectivity index (χ3v) is 7.09.